The van der Waals surface area contributed by atoms with E-state index in [4.69, 9.17) is 8.27 Å². The fraction of sp³-hybridized carbons (Fsp3) is 0. The standard InChI is InChI=1S/Al.H2OSi.H2O.O.H/c;1-2;;;/h;2H2;1H2;;. The molecule has 0 radical (unpaired) electrons. The minimum atomic E-state index is 0. The molecule has 0 aliphatic heterocycles. The number of rotatable bonds is 0. The average Bonchev–Trinajstić information content (AvgIpc) is 1.50. The van der Waals surface area contributed by atoms with Crippen molar-refractivity contribution >= 4 is 26.4 Å². The first kappa shape index (κ1) is 18.5. The molecule has 0 aromatic heterocycles. The Bertz CT molecular complexity index is 8.85. The van der Waals surface area contributed by atoms with Crippen LogP contribution in [0.2, 0.25) is 0 Å². The Morgan fingerprint density at radius 3 is 1.20 bits per heavy atom. The van der Waals surface area contributed by atoms with Gasteiger partial charge in [-0.15, -0.1) is 0 Å². The topological polar surface area (TPSA) is 65.6 Å². The van der Waals surface area contributed by atoms with Gasteiger partial charge in [-0.3, -0.25) is 0 Å². The predicted molar refractivity (Wildman–Crippen MR) is 20.7 cm³/mol. The summed E-state index contributed by atoms with van der Waals surface area (Å²) in [5.41, 5.74) is 0. The summed E-state index contributed by atoms with van der Waals surface area (Å²) in [6, 6.07) is 0. The van der Waals surface area contributed by atoms with Crippen molar-refractivity contribution in [2.45, 2.75) is 0 Å². The van der Waals surface area contributed by atoms with E-state index in [0.29, 0.717) is 26.4 Å². The predicted octanol–water partition coefficient (Wildman–Crippen LogP) is -2.63. The van der Waals surface area contributed by atoms with Gasteiger partial charge in [0.05, 0.1) is 0 Å². The van der Waals surface area contributed by atoms with Gasteiger partial charge in [-0.2, -0.15) is 0 Å². The molecule has 2 N–H and O–H groups in total. The molecule has 0 spiro atoms. The fourth-order valence-corrected chi connectivity index (χ4v) is 0. The second kappa shape index (κ2) is 493. The SMILES string of the molecule is O.O=[SiH2].[O]=[AlH]. The average molecular weight is 108 g/mol. The molecule has 30 valence electrons. The van der Waals surface area contributed by atoms with Crippen LogP contribution in [0, 0.1) is 0 Å². The van der Waals surface area contributed by atoms with Crippen molar-refractivity contribution in [2.75, 3.05) is 0 Å². The summed E-state index contributed by atoms with van der Waals surface area (Å²) in [5, 5.41) is 0. The van der Waals surface area contributed by atoms with Gasteiger partial charge in [0.15, 0.2) is 0 Å². The van der Waals surface area contributed by atoms with Crippen LogP contribution in [0.5, 0.6) is 0 Å². The Kier molecular flexibility index (Phi) is 1820. The molecular formula is H5AlO3Si. The zero-order valence-electron chi connectivity index (χ0n) is 2.73. The van der Waals surface area contributed by atoms with Crippen LogP contribution >= 0.6 is 0 Å². The first-order chi connectivity index (χ1) is 2.00. The molecular weight excluding hydrogens is 103 g/mol. The minimum absolute atomic E-state index is 0. The third-order valence-electron chi connectivity index (χ3n) is 0. The Morgan fingerprint density at radius 1 is 1.20 bits per heavy atom. The zero-order valence-corrected chi connectivity index (χ0v) is 5.56. The second-order valence-electron chi connectivity index (χ2n) is 0. The molecule has 0 atom stereocenters. The molecule has 0 heterocycles. The molecule has 0 bridgehead atoms. The van der Waals surface area contributed by atoms with Gasteiger partial charge < -0.3 is 9.94 Å². The van der Waals surface area contributed by atoms with Crippen molar-refractivity contribution in [3.8, 4) is 0 Å². The van der Waals surface area contributed by atoms with Crippen molar-refractivity contribution < 1.29 is 13.7 Å². The quantitative estimate of drug-likeness (QED) is 0.319. The van der Waals surface area contributed by atoms with Crippen LogP contribution < -0.4 is 0 Å². The van der Waals surface area contributed by atoms with Gasteiger partial charge >= 0.3 is 20.0 Å². The van der Waals surface area contributed by atoms with E-state index >= 15 is 0 Å². The van der Waals surface area contributed by atoms with Crippen LogP contribution in [0.3, 0.4) is 0 Å². The molecule has 0 unspecified atom stereocenters. The van der Waals surface area contributed by atoms with Crippen LogP contribution in [0.25, 0.3) is 0 Å². The van der Waals surface area contributed by atoms with Gasteiger partial charge in [-0.05, 0) is 0 Å². The van der Waals surface area contributed by atoms with Crippen molar-refractivity contribution in [1.29, 1.82) is 0 Å². The van der Waals surface area contributed by atoms with Crippen molar-refractivity contribution in [3.63, 3.8) is 0 Å². The molecule has 0 rings (SSSR count). The summed E-state index contributed by atoms with van der Waals surface area (Å²) < 4.78 is 16.6. The second-order valence-corrected chi connectivity index (χ2v) is 0. The van der Waals surface area contributed by atoms with E-state index in [9.17, 15) is 0 Å². The van der Waals surface area contributed by atoms with Crippen LogP contribution in [-0.2, 0) is 8.27 Å². The number of hydrogen-bond donors (Lipinski definition) is 0. The van der Waals surface area contributed by atoms with E-state index in [1.807, 2.05) is 0 Å². The van der Waals surface area contributed by atoms with Crippen LogP contribution in [0.1, 0.15) is 0 Å². The van der Waals surface area contributed by atoms with Crippen molar-refractivity contribution in [3.05, 3.63) is 0 Å². The summed E-state index contributed by atoms with van der Waals surface area (Å²) in [5.74, 6) is 0. The molecule has 3 nitrogen and oxygen atoms in total. The van der Waals surface area contributed by atoms with E-state index in [0.717, 1.165) is 0 Å². The van der Waals surface area contributed by atoms with Gasteiger partial charge in [-0.25, -0.2) is 0 Å². The van der Waals surface area contributed by atoms with Gasteiger partial charge in [0.25, 0.3) is 0 Å². The maximum absolute atomic E-state index is 8.28. The molecule has 0 saturated heterocycles. The normalized spacial score (nSPS) is 1.40. The molecule has 0 aromatic rings. The van der Waals surface area contributed by atoms with E-state index in [-0.39, 0.29) is 5.48 Å². The molecule has 0 saturated carbocycles. The van der Waals surface area contributed by atoms with Gasteiger partial charge in [0.1, 0.15) is 0 Å². The van der Waals surface area contributed by atoms with E-state index < -0.39 is 0 Å². The Labute approximate surface area is 40.8 Å². The zero-order chi connectivity index (χ0) is 4.00. The molecule has 0 fully saturated rings. The molecule has 5 heteroatoms. The first-order valence-electron chi connectivity index (χ1n) is 0.577. The Balaban J connectivity index is -0.0000000133. The Morgan fingerprint density at radius 2 is 1.20 bits per heavy atom. The molecule has 0 aromatic carbocycles. The number of hydrogen-bond acceptors (Lipinski definition) is 2. The van der Waals surface area contributed by atoms with Crippen LogP contribution in [0.4, 0.5) is 0 Å². The molecule has 0 aliphatic rings. The van der Waals surface area contributed by atoms with Crippen LogP contribution in [-0.4, -0.2) is 31.8 Å². The monoisotopic (exact) mass is 108 g/mol. The van der Waals surface area contributed by atoms with E-state index in [1.54, 1.807) is 0 Å². The third-order valence-corrected chi connectivity index (χ3v) is 0. The van der Waals surface area contributed by atoms with Gasteiger partial charge in [-0.1, -0.05) is 0 Å². The summed E-state index contributed by atoms with van der Waals surface area (Å²) in [6.45, 7) is 0. The van der Waals surface area contributed by atoms with Crippen LogP contribution in [0.15, 0.2) is 0 Å². The van der Waals surface area contributed by atoms with E-state index in [2.05, 4.69) is 0 Å². The maximum atomic E-state index is 8.28. The van der Waals surface area contributed by atoms with Gasteiger partial charge in [0.2, 0.25) is 10.1 Å². The molecule has 0 aliphatic carbocycles. The summed E-state index contributed by atoms with van der Waals surface area (Å²) >= 11 is 0.611. The summed E-state index contributed by atoms with van der Waals surface area (Å²) in [4.78, 5) is 0. The Hall–Kier alpha value is 0.309. The summed E-state index contributed by atoms with van der Waals surface area (Å²) in [6.07, 6.45) is 0. The van der Waals surface area contributed by atoms with E-state index in [1.165, 1.54) is 0 Å². The third kappa shape index (κ3) is 240. The first-order valence-corrected chi connectivity index (χ1v) is 1.73. The van der Waals surface area contributed by atoms with Crippen molar-refractivity contribution in [1.82, 2.24) is 0 Å². The molecule has 0 amide bonds. The van der Waals surface area contributed by atoms with Gasteiger partial charge in [0, 0.05) is 0 Å². The fourth-order valence-electron chi connectivity index (χ4n) is 0. The summed E-state index contributed by atoms with van der Waals surface area (Å²) in [7, 11) is 0.611. The molecule has 5 heavy (non-hydrogen) atoms. The van der Waals surface area contributed by atoms with Crippen molar-refractivity contribution in [2.24, 2.45) is 0 Å².